The molecule has 0 aliphatic carbocycles. The highest BCUT2D eigenvalue weighted by molar-refractivity contribution is 5.88. The standard InChI is InChI=1S/C19H26N2O3/c1-6-16-15(14-9-7-8-10-17(14)24-16)11-21(5)19(23)18(12(2)3)20-13(4)22/h7-10,12,18H,6,11H2,1-5H3,(H,20,22). The number of amides is 2. The Morgan fingerprint density at radius 2 is 1.92 bits per heavy atom. The Morgan fingerprint density at radius 1 is 1.25 bits per heavy atom. The minimum Gasteiger partial charge on any atom is -0.461 e. The number of fused-ring (bicyclic) bond motifs is 1. The molecular formula is C19H26N2O3. The molecule has 0 saturated heterocycles. The van der Waals surface area contributed by atoms with Crippen LogP contribution < -0.4 is 5.32 Å². The summed E-state index contributed by atoms with van der Waals surface area (Å²) in [5, 5.41) is 3.79. The first-order valence-electron chi connectivity index (χ1n) is 8.36. The molecule has 5 nitrogen and oxygen atoms in total. The van der Waals surface area contributed by atoms with Crippen molar-refractivity contribution in [3.8, 4) is 0 Å². The van der Waals surface area contributed by atoms with E-state index in [0.717, 1.165) is 28.7 Å². The van der Waals surface area contributed by atoms with Crippen LogP contribution in [0.1, 0.15) is 39.0 Å². The summed E-state index contributed by atoms with van der Waals surface area (Å²) in [5.41, 5.74) is 1.88. The summed E-state index contributed by atoms with van der Waals surface area (Å²) in [4.78, 5) is 25.8. The van der Waals surface area contributed by atoms with Gasteiger partial charge in [-0.25, -0.2) is 0 Å². The molecule has 1 unspecified atom stereocenters. The van der Waals surface area contributed by atoms with Crippen LogP contribution in [0.15, 0.2) is 28.7 Å². The lowest BCUT2D eigenvalue weighted by Gasteiger charge is -2.26. The fraction of sp³-hybridized carbons (Fsp3) is 0.474. The molecule has 2 amide bonds. The van der Waals surface area contributed by atoms with Crippen molar-refractivity contribution in [3.63, 3.8) is 0 Å². The number of carbonyl (C=O) groups is 2. The first-order chi connectivity index (χ1) is 11.3. The van der Waals surface area contributed by atoms with Gasteiger partial charge in [-0.1, -0.05) is 39.0 Å². The van der Waals surface area contributed by atoms with Crippen molar-refractivity contribution in [2.45, 2.75) is 46.7 Å². The Balaban J connectivity index is 2.26. The predicted octanol–water partition coefficient (Wildman–Crippen LogP) is 3.11. The SMILES string of the molecule is CCc1oc2ccccc2c1CN(C)C(=O)C(NC(C)=O)C(C)C. The van der Waals surface area contributed by atoms with Gasteiger partial charge in [0, 0.05) is 37.9 Å². The Bertz CT molecular complexity index is 733. The Kier molecular flexibility index (Phi) is 5.65. The molecule has 0 fully saturated rings. The van der Waals surface area contributed by atoms with E-state index in [1.54, 1.807) is 11.9 Å². The highest BCUT2D eigenvalue weighted by atomic mass is 16.3. The molecule has 0 aliphatic heterocycles. The number of likely N-dealkylation sites (N-methyl/N-ethyl adjacent to an activating group) is 1. The summed E-state index contributed by atoms with van der Waals surface area (Å²) in [6, 6.07) is 7.34. The molecule has 0 radical (unpaired) electrons. The summed E-state index contributed by atoms with van der Waals surface area (Å²) in [7, 11) is 1.76. The molecule has 1 atom stereocenters. The van der Waals surface area contributed by atoms with E-state index >= 15 is 0 Å². The van der Waals surface area contributed by atoms with E-state index in [2.05, 4.69) is 5.32 Å². The number of furan rings is 1. The van der Waals surface area contributed by atoms with Crippen molar-refractivity contribution < 1.29 is 14.0 Å². The molecule has 0 bridgehead atoms. The third kappa shape index (κ3) is 3.78. The topological polar surface area (TPSA) is 62.6 Å². The maximum atomic E-state index is 12.8. The largest absolute Gasteiger partial charge is 0.461 e. The first kappa shape index (κ1) is 18.0. The molecule has 0 saturated carbocycles. The van der Waals surface area contributed by atoms with E-state index in [1.165, 1.54) is 6.92 Å². The second kappa shape index (κ2) is 7.51. The molecule has 0 spiro atoms. The summed E-state index contributed by atoms with van der Waals surface area (Å²) in [6.07, 6.45) is 0.769. The van der Waals surface area contributed by atoms with Crippen LogP contribution in [-0.2, 0) is 22.6 Å². The van der Waals surface area contributed by atoms with Crippen LogP contribution in [0.3, 0.4) is 0 Å². The summed E-state index contributed by atoms with van der Waals surface area (Å²) < 4.78 is 5.89. The quantitative estimate of drug-likeness (QED) is 0.885. The van der Waals surface area contributed by atoms with Crippen molar-refractivity contribution in [2.24, 2.45) is 5.92 Å². The average Bonchev–Trinajstić information content (AvgIpc) is 2.89. The van der Waals surface area contributed by atoms with Crippen LogP contribution in [0.2, 0.25) is 0 Å². The van der Waals surface area contributed by atoms with Gasteiger partial charge in [-0.3, -0.25) is 9.59 Å². The minimum absolute atomic E-state index is 0.0237. The van der Waals surface area contributed by atoms with Gasteiger partial charge in [-0.15, -0.1) is 0 Å². The maximum absolute atomic E-state index is 12.8. The monoisotopic (exact) mass is 330 g/mol. The molecule has 0 aliphatic rings. The van der Waals surface area contributed by atoms with Gasteiger partial charge in [-0.2, -0.15) is 0 Å². The number of hydrogen-bond donors (Lipinski definition) is 1. The van der Waals surface area contributed by atoms with Crippen LogP contribution >= 0.6 is 0 Å². The van der Waals surface area contributed by atoms with Gasteiger partial charge in [-0.05, 0) is 12.0 Å². The Labute approximate surface area is 143 Å². The van der Waals surface area contributed by atoms with Crippen LogP contribution in [0.25, 0.3) is 11.0 Å². The molecule has 1 aromatic heterocycles. The lowest BCUT2D eigenvalue weighted by atomic mass is 10.0. The van der Waals surface area contributed by atoms with Gasteiger partial charge in [0.2, 0.25) is 11.8 Å². The Morgan fingerprint density at radius 3 is 2.50 bits per heavy atom. The van der Waals surface area contributed by atoms with Crippen LogP contribution in [0, 0.1) is 5.92 Å². The predicted molar refractivity (Wildman–Crippen MR) is 94.5 cm³/mol. The molecule has 130 valence electrons. The highest BCUT2D eigenvalue weighted by Crippen LogP contribution is 2.27. The fourth-order valence-corrected chi connectivity index (χ4v) is 2.89. The summed E-state index contributed by atoms with van der Waals surface area (Å²) >= 11 is 0. The second-order valence-corrected chi connectivity index (χ2v) is 6.47. The first-order valence-corrected chi connectivity index (χ1v) is 8.36. The molecule has 5 heteroatoms. The number of nitrogens with zero attached hydrogens (tertiary/aromatic N) is 1. The van der Waals surface area contributed by atoms with Crippen molar-refractivity contribution in [1.29, 1.82) is 0 Å². The van der Waals surface area contributed by atoms with Crippen LogP contribution in [0.5, 0.6) is 0 Å². The van der Waals surface area contributed by atoms with Crippen molar-refractivity contribution in [1.82, 2.24) is 10.2 Å². The van der Waals surface area contributed by atoms with E-state index in [4.69, 9.17) is 4.42 Å². The molecule has 1 N–H and O–H groups in total. The van der Waals surface area contributed by atoms with Gasteiger partial charge in [0.15, 0.2) is 0 Å². The van der Waals surface area contributed by atoms with Crippen LogP contribution in [-0.4, -0.2) is 29.8 Å². The van der Waals surface area contributed by atoms with Gasteiger partial charge < -0.3 is 14.6 Å². The van der Waals surface area contributed by atoms with Gasteiger partial charge in [0.25, 0.3) is 0 Å². The molecule has 2 aromatic rings. The second-order valence-electron chi connectivity index (χ2n) is 6.47. The number of carbonyl (C=O) groups excluding carboxylic acids is 2. The van der Waals surface area contributed by atoms with Crippen molar-refractivity contribution >= 4 is 22.8 Å². The smallest absolute Gasteiger partial charge is 0.245 e. The number of aryl methyl sites for hydroxylation is 1. The van der Waals surface area contributed by atoms with Crippen molar-refractivity contribution in [3.05, 3.63) is 35.6 Å². The van der Waals surface area contributed by atoms with E-state index < -0.39 is 6.04 Å². The Hall–Kier alpha value is -2.30. The lowest BCUT2D eigenvalue weighted by Crippen LogP contribution is -2.49. The molecule has 24 heavy (non-hydrogen) atoms. The minimum atomic E-state index is -0.518. The molecule has 1 aromatic carbocycles. The summed E-state index contributed by atoms with van der Waals surface area (Å²) in [5.74, 6) is 0.637. The van der Waals surface area contributed by atoms with E-state index in [-0.39, 0.29) is 17.7 Å². The normalized spacial score (nSPS) is 12.4. The molecule has 1 heterocycles. The van der Waals surface area contributed by atoms with Gasteiger partial charge in [0.05, 0.1) is 0 Å². The summed E-state index contributed by atoms with van der Waals surface area (Å²) in [6.45, 7) is 7.79. The van der Waals surface area contributed by atoms with E-state index in [1.807, 2.05) is 45.0 Å². The zero-order valence-corrected chi connectivity index (χ0v) is 15.1. The number of para-hydroxylation sites is 1. The number of benzene rings is 1. The number of nitrogens with one attached hydrogen (secondary N) is 1. The van der Waals surface area contributed by atoms with Gasteiger partial charge in [0.1, 0.15) is 17.4 Å². The zero-order valence-electron chi connectivity index (χ0n) is 15.1. The zero-order chi connectivity index (χ0) is 17.9. The van der Waals surface area contributed by atoms with E-state index in [0.29, 0.717) is 6.54 Å². The average molecular weight is 330 g/mol. The molecule has 2 rings (SSSR count). The fourth-order valence-electron chi connectivity index (χ4n) is 2.89. The van der Waals surface area contributed by atoms with Crippen molar-refractivity contribution in [2.75, 3.05) is 7.05 Å². The molecular weight excluding hydrogens is 304 g/mol. The van der Waals surface area contributed by atoms with Crippen LogP contribution in [0.4, 0.5) is 0 Å². The number of rotatable bonds is 6. The third-order valence-electron chi connectivity index (χ3n) is 4.17. The van der Waals surface area contributed by atoms with E-state index in [9.17, 15) is 9.59 Å². The highest BCUT2D eigenvalue weighted by Gasteiger charge is 2.27. The third-order valence-corrected chi connectivity index (χ3v) is 4.17. The number of hydrogen-bond acceptors (Lipinski definition) is 3. The lowest BCUT2D eigenvalue weighted by molar-refractivity contribution is -0.136. The van der Waals surface area contributed by atoms with Gasteiger partial charge >= 0.3 is 0 Å². The maximum Gasteiger partial charge on any atom is 0.245 e.